The molecule has 5 nitrogen and oxygen atoms in total. The van der Waals surface area contributed by atoms with E-state index in [0.717, 1.165) is 54.8 Å². The Morgan fingerprint density at radius 2 is 1.03 bits per heavy atom. The normalized spacial score (nSPS) is 18.2. The molecule has 0 unspecified atom stereocenters. The second-order valence-electron chi connectivity index (χ2n) is 15.4. The molecule has 4 aromatic heterocycles. The molecule has 1 fully saturated rings. The smallest absolute Gasteiger partial charge is 0.144 e. The average Bonchev–Trinajstić information content (AvgIpc) is 3.89. The molecule has 5 aromatic carbocycles. The van der Waals surface area contributed by atoms with E-state index in [1.54, 1.807) is 24.3 Å². The second-order valence-corrected chi connectivity index (χ2v) is 15.4. The highest BCUT2D eigenvalue weighted by Gasteiger charge is 2.25. The van der Waals surface area contributed by atoms with Gasteiger partial charge < -0.3 is 4.42 Å². The molecule has 10 rings (SSSR count). The van der Waals surface area contributed by atoms with Crippen LogP contribution in [-0.4, -0.2) is 15.0 Å². The molecule has 0 saturated heterocycles. The molecular weight excluding hydrogens is 769 g/mol. The van der Waals surface area contributed by atoms with Crippen molar-refractivity contribution in [2.75, 3.05) is 0 Å². The van der Waals surface area contributed by atoms with Gasteiger partial charge in [-0.2, -0.15) is 5.26 Å². The maximum Gasteiger partial charge on any atom is 0.144 e. The Morgan fingerprint density at radius 3 is 1.52 bits per heavy atom. The molecule has 0 bridgehead atoms. The van der Waals surface area contributed by atoms with E-state index in [1.165, 1.54) is 48.8 Å². The first-order valence-corrected chi connectivity index (χ1v) is 21.0. The van der Waals surface area contributed by atoms with Crippen molar-refractivity contribution < 1.29 is 23.6 Å². The van der Waals surface area contributed by atoms with Gasteiger partial charge in [0.25, 0.3) is 0 Å². The number of fused-ring (bicyclic) bond motifs is 3. The topological polar surface area (TPSA) is 75.6 Å². The van der Waals surface area contributed by atoms with Crippen LogP contribution in [0.4, 0.5) is 0 Å². The zero-order chi connectivity index (χ0) is 54.9. The summed E-state index contributed by atoms with van der Waals surface area (Å²) in [5.74, 6) is -1.14. The highest BCUT2D eigenvalue weighted by molar-refractivity contribution is 6.10. The fourth-order valence-electron chi connectivity index (χ4n) is 8.05. The molecule has 1 aliphatic carbocycles. The zero-order valence-electron chi connectivity index (χ0n) is 48.2. The van der Waals surface area contributed by atoms with Crippen LogP contribution in [0.3, 0.4) is 0 Å². The van der Waals surface area contributed by atoms with Crippen molar-refractivity contribution in [3.05, 3.63) is 209 Å². The molecule has 63 heavy (non-hydrogen) atoms. The van der Waals surface area contributed by atoms with Crippen LogP contribution in [0.5, 0.6) is 0 Å². The van der Waals surface area contributed by atoms with Crippen LogP contribution in [0, 0.1) is 11.3 Å². The number of nitrogens with zero attached hydrogens (tertiary/aromatic N) is 4. The van der Waals surface area contributed by atoms with E-state index in [-0.39, 0.29) is 28.3 Å². The van der Waals surface area contributed by atoms with Gasteiger partial charge in [0.2, 0.25) is 0 Å². The summed E-state index contributed by atoms with van der Waals surface area (Å²) in [7, 11) is 0. The van der Waals surface area contributed by atoms with Gasteiger partial charge >= 0.3 is 0 Å². The number of aromatic nitrogens is 3. The van der Waals surface area contributed by atoms with Gasteiger partial charge in [0.1, 0.15) is 11.2 Å². The molecule has 0 N–H and O–H groups in total. The quantitative estimate of drug-likeness (QED) is 0.116. The third-order valence-electron chi connectivity index (χ3n) is 11.2. The summed E-state index contributed by atoms with van der Waals surface area (Å²) in [5.41, 5.74) is 1.94. The van der Waals surface area contributed by atoms with E-state index in [1.807, 2.05) is 60.7 Å². The van der Waals surface area contributed by atoms with Crippen LogP contribution >= 0.6 is 0 Å². The number of benzene rings is 5. The minimum Gasteiger partial charge on any atom is -0.455 e. The first kappa shape index (κ1) is 27.0. The highest BCUT2D eigenvalue weighted by Crippen LogP contribution is 2.43. The fourth-order valence-corrected chi connectivity index (χ4v) is 8.05. The SMILES string of the molecule is [2H]c1cc2c(oc3c(-c4ccc(C([2H])([2H])C([2H])([2H])c5cc(C([2H])([2H])C([2H])([2H])c6ccc(-c7ccccc7)nc6)cc(C([2H])([2H])C([2H])([2H])c6ccc(-c7ccccc7)nc6)c5)cn4)cccc32)c(C2([2H])CCCCC2)c1C#N. The lowest BCUT2D eigenvalue weighted by atomic mass is 9.81. The average molecular weight is 833 g/mol. The van der Waals surface area contributed by atoms with Crippen molar-refractivity contribution >= 4 is 21.9 Å². The first-order chi connectivity index (χ1) is 36.4. The molecule has 1 aliphatic rings. The van der Waals surface area contributed by atoms with E-state index in [9.17, 15) is 23.1 Å². The Bertz CT molecular complexity index is 3580. The van der Waals surface area contributed by atoms with Gasteiger partial charge in [-0.1, -0.05) is 128 Å². The van der Waals surface area contributed by atoms with Crippen LogP contribution in [0.1, 0.15) is 102 Å². The van der Waals surface area contributed by atoms with Crippen molar-refractivity contribution in [1.82, 2.24) is 15.0 Å². The monoisotopic (exact) mass is 832 g/mol. The summed E-state index contributed by atoms with van der Waals surface area (Å²) in [4.78, 5) is 13.4. The molecule has 0 aliphatic heterocycles. The van der Waals surface area contributed by atoms with Gasteiger partial charge in [0.05, 0.1) is 30.1 Å². The van der Waals surface area contributed by atoms with Crippen molar-refractivity contribution in [2.45, 2.75) is 76.2 Å². The Balaban J connectivity index is 1.05. The number of nitriles is 1. The predicted octanol–water partition coefficient (Wildman–Crippen LogP) is 14.0. The van der Waals surface area contributed by atoms with E-state index in [0.29, 0.717) is 63.0 Å². The third-order valence-corrected chi connectivity index (χ3v) is 11.2. The van der Waals surface area contributed by atoms with E-state index >= 15 is 0 Å². The second kappa shape index (κ2) is 18.4. The lowest BCUT2D eigenvalue weighted by Crippen LogP contribution is -2.06. The summed E-state index contributed by atoms with van der Waals surface area (Å²) < 4.78 is 138. The number of hydrogen-bond donors (Lipinski definition) is 0. The largest absolute Gasteiger partial charge is 0.455 e. The summed E-state index contributed by atoms with van der Waals surface area (Å²) in [6.45, 7) is 0. The Kier molecular flexibility index (Phi) is 7.91. The van der Waals surface area contributed by atoms with Crippen LogP contribution < -0.4 is 0 Å². The van der Waals surface area contributed by atoms with Gasteiger partial charge in [0, 0.05) is 69.4 Å². The van der Waals surface area contributed by atoms with Crippen molar-refractivity contribution in [3.8, 4) is 39.8 Å². The van der Waals surface area contributed by atoms with Gasteiger partial charge in [-0.15, -0.1) is 0 Å². The predicted molar refractivity (Wildman–Crippen MR) is 256 cm³/mol. The summed E-state index contributed by atoms with van der Waals surface area (Å²) in [5, 5.41) is 11.4. The number of pyridine rings is 3. The van der Waals surface area contributed by atoms with E-state index < -0.39 is 60.8 Å². The lowest BCUT2D eigenvalue weighted by molar-refractivity contribution is 0.441. The van der Waals surface area contributed by atoms with Gasteiger partial charge in [-0.3, -0.25) is 15.0 Å². The van der Waals surface area contributed by atoms with Crippen LogP contribution in [0.25, 0.3) is 55.7 Å². The van der Waals surface area contributed by atoms with Crippen molar-refractivity contribution in [2.24, 2.45) is 0 Å². The number of furan rings is 1. The number of rotatable bonds is 13. The zero-order valence-corrected chi connectivity index (χ0v) is 34.2. The maximum absolute atomic E-state index is 10.2. The number of aryl methyl sites for hydroxylation is 6. The fraction of sp³-hybridized carbons (Fsp3) is 0.207. The summed E-state index contributed by atoms with van der Waals surface area (Å²) in [6.07, 6.45) is -11.1. The molecule has 0 amide bonds. The summed E-state index contributed by atoms with van der Waals surface area (Å²) in [6, 6.07) is 38.7. The molecule has 4 heterocycles. The molecule has 308 valence electrons. The Hall–Kier alpha value is -7.16. The Morgan fingerprint density at radius 1 is 0.540 bits per heavy atom. The molecule has 0 spiro atoms. The molecule has 0 radical (unpaired) electrons. The third kappa shape index (κ3) is 8.94. The van der Waals surface area contributed by atoms with Crippen molar-refractivity contribution in [3.63, 3.8) is 0 Å². The molecule has 1 saturated carbocycles. The minimum atomic E-state index is -3.16. The molecular formula is C58H50N4O. The van der Waals surface area contributed by atoms with E-state index in [4.69, 9.17) is 5.79 Å². The van der Waals surface area contributed by atoms with Gasteiger partial charge in [0.15, 0.2) is 0 Å². The standard InChI is InChI=1S/C58H50N4O/c59-36-49-28-29-51-50-17-10-18-52(57(50)63-58(51)56(49)48-15-8-3-9-16-48)55-32-27-42(39-62-55)21-24-45-34-43(22-19-40-25-30-53(60-37-40)46-11-4-1-5-12-46)33-44(35-45)23-20-41-26-31-54(61-38-41)47-13-6-2-7-14-47/h1-2,4-7,10-14,17-18,25-35,37-39,48H,3,8-9,15-16,19-24H2/i19D2,20D2,21D2,22D2,23D2,24D2,28D,48D. The van der Waals surface area contributed by atoms with Crippen molar-refractivity contribution in [1.29, 1.82) is 5.26 Å². The number of para-hydroxylation sites is 1. The molecule has 9 aromatic rings. The molecule has 0 atom stereocenters. The minimum absolute atomic E-state index is 0.0149. The summed E-state index contributed by atoms with van der Waals surface area (Å²) >= 11 is 0. The lowest BCUT2D eigenvalue weighted by Gasteiger charge is -2.22. The van der Waals surface area contributed by atoms with Crippen LogP contribution in [0.15, 0.2) is 169 Å². The van der Waals surface area contributed by atoms with Gasteiger partial charge in [-0.25, -0.2) is 0 Å². The maximum atomic E-state index is 10.2. The van der Waals surface area contributed by atoms with E-state index in [2.05, 4.69) is 21.0 Å². The molecule has 5 heteroatoms. The Labute approximate surface area is 389 Å². The van der Waals surface area contributed by atoms with Crippen LogP contribution in [-0.2, 0) is 38.2 Å². The van der Waals surface area contributed by atoms with Crippen LogP contribution in [0.2, 0.25) is 0 Å². The number of hydrogen-bond acceptors (Lipinski definition) is 5. The van der Waals surface area contributed by atoms with Gasteiger partial charge in [-0.05, 0) is 127 Å². The highest BCUT2D eigenvalue weighted by atomic mass is 16.3. The first-order valence-electron chi connectivity index (χ1n) is 28.0.